The molecule has 0 aliphatic heterocycles. The van der Waals surface area contributed by atoms with Crippen molar-refractivity contribution in [3.63, 3.8) is 0 Å². The average molecular weight is 382 g/mol. The smallest absolute Gasteiger partial charge is 0.196 e. The van der Waals surface area contributed by atoms with Gasteiger partial charge in [-0.3, -0.25) is 9.36 Å². The van der Waals surface area contributed by atoms with Gasteiger partial charge in [-0.25, -0.2) is 0 Å². The molecule has 1 unspecified atom stereocenters. The summed E-state index contributed by atoms with van der Waals surface area (Å²) in [6, 6.07) is 16.0. The van der Waals surface area contributed by atoms with Crippen LogP contribution in [0.15, 0.2) is 53.7 Å². The Bertz CT molecular complexity index is 918. The van der Waals surface area contributed by atoms with Crippen molar-refractivity contribution in [1.82, 2.24) is 14.8 Å². The van der Waals surface area contributed by atoms with Crippen molar-refractivity contribution in [2.45, 2.75) is 44.7 Å². The SMILES string of the molecule is CC(=O)C(C)Sc1nnc(COc2c(C)cccc2C)n1-c1ccccc1. The van der Waals surface area contributed by atoms with Crippen LogP contribution in [0.3, 0.4) is 0 Å². The van der Waals surface area contributed by atoms with Crippen LogP contribution < -0.4 is 4.74 Å². The van der Waals surface area contributed by atoms with Crippen LogP contribution in [0.5, 0.6) is 5.75 Å². The highest BCUT2D eigenvalue weighted by Gasteiger charge is 2.19. The maximum atomic E-state index is 11.7. The molecule has 0 N–H and O–H groups in total. The molecule has 0 aliphatic carbocycles. The van der Waals surface area contributed by atoms with E-state index in [4.69, 9.17) is 4.74 Å². The van der Waals surface area contributed by atoms with Gasteiger partial charge >= 0.3 is 0 Å². The van der Waals surface area contributed by atoms with Gasteiger partial charge in [0.2, 0.25) is 0 Å². The van der Waals surface area contributed by atoms with Gasteiger partial charge in [0.25, 0.3) is 0 Å². The molecule has 1 aromatic heterocycles. The van der Waals surface area contributed by atoms with Crippen LogP contribution in [-0.4, -0.2) is 25.8 Å². The van der Waals surface area contributed by atoms with E-state index in [1.165, 1.54) is 11.8 Å². The predicted molar refractivity (Wildman–Crippen MR) is 108 cm³/mol. The second kappa shape index (κ2) is 8.39. The van der Waals surface area contributed by atoms with Crippen LogP contribution in [0.4, 0.5) is 0 Å². The molecule has 2 aromatic carbocycles. The van der Waals surface area contributed by atoms with Gasteiger partial charge in [0.05, 0.1) is 5.25 Å². The number of carbonyl (C=O) groups excluding carboxylic acids is 1. The first kappa shape index (κ1) is 19.2. The third kappa shape index (κ3) is 4.39. The first-order chi connectivity index (χ1) is 13.0. The summed E-state index contributed by atoms with van der Waals surface area (Å²) in [4.78, 5) is 11.7. The minimum atomic E-state index is -0.191. The molecule has 0 bridgehead atoms. The van der Waals surface area contributed by atoms with E-state index in [0.717, 1.165) is 22.6 Å². The molecular weight excluding hydrogens is 358 g/mol. The van der Waals surface area contributed by atoms with Crippen molar-refractivity contribution in [2.24, 2.45) is 0 Å². The summed E-state index contributed by atoms with van der Waals surface area (Å²) in [5.74, 6) is 1.67. The number of ketones is 1. The summed E-state index contributed by atoms with van der Waals surface area (Å²) in [6.07, 6.45) is 0. The van der Waals surface area contributed by atoms with Crippen molar-refractivity contribution < 1.29 is 9.53 Å². The maximum absolute atomic E-state index is 11.7. The summed E-state index contributed by atoms with van der Waals surface area (Å²) in [6.45, 7) is 7.82. The maximum Gasteiger partial charge on any atom is 0.196 e. The van der Waals surface area contributed by atoms with Gasteiger partial charge in [-0.15, -0.1) is 10.2 Å². The zero-order chi connectivity index (χ0) is 19.4. The van der Waals surface area contributed by atoms with Gasteiger partial charge in [-0.2, -0.15) is 0 Å². The molecule has 3 rings (SSSR count). The number of ether oxygens (including phenoxy) is 1. The number of hydrogen-bond acceptors (Lipinski definition) is 5. The molecule has 0 fully saturated rings. The van der Waals surface area contributed by atoms with Crippen LogP contribution in [0.1, 0.15) is 30.8 Å². The topological polar surface area (TPSA) is 57.0 Å². The van der Waals surface area contributed by atoms with Crippen LogP contribution in [0, 0.1) is 13.8 Å². The molecule has 0 aliphatic rings. The fourth-order valence-corrected chi connectivity index (χ4v) is 3.60. The molecule has 3 aromatic rings. The van der Waals surface area contributed by atoms with Crippen molar-refractivity contribution >= 4 is 17.5 Å². The van der Waals surface area contributed by atoms with Gasteiger partial charge in [0.15, 0.2) is 11.0 Å². The monoisotopic (exact) mass is 381 g/mol. The number of carbonyl (C=O) groups is 1. The molecular formula is C21H23N3O2S. The fraction of sp³-hybridized carbons (Fsp3) is 0.286. The number of nitrogens with zero attached hydrogens (tertiary/aromatic N) is 3. The Labute approximate surface area is 163 Å². The van der Waals surface area contributed by atoms with E-state index in [0.29, 0.717) is 17.6 Å². The number of para-hydroxylation sites is 2. The fourth-order valence-electron chi connectivity index (χ4n) is 2.71. The number of rotatable bonds is 7. The van der Waals surface area contributed by atoms with Crippen LogP contribution in [-0.2, 0) is 11.4 Å². The van der Waals surface area contributed by atoms with E-state index in [1.54, 1.807) is 6.92 Å². The van der Waals surface area contributed by atoms with E-state index in [9.17, 15) is 4.79 Å². The lowest BCUT2D eigenvalue weighted by atomic mass is 10.1. The molecule has 0 amide bonds. The molecule has 0 saturated carbocycles. The van der Waals surface area contributed by atoms with E-state index in [1.807, 2.05) is 73.9 Å². The minimum Gasteiger partial charge on any atom is -0.485 e. The van der Waals surface area contributed by atoms with E-state index < -0.39 is 0 Å². The Morgan fingerprint density at radius 3 is 2.37 bits per heavy atom. The summed E-state index contributed by atoms with van der Waals surface area (Å²) in [5, 5.41) is 9.14. The Morgan fingerprint density at radius 2 is 1.74 bits per heavy atom. The average Bonchev–Trinajstić information content (AvgIpc) is 3.04. The number of benzene rings is 2. The summed E-state index contributed by atoms with van der Waals surface area (Å²) >= 11 is 1.41. The zero-order valence-corrected chi connectivity index (χ0v) is 16.8. The summed E-state index contributed by atoms with van der Waals surface area (Å²) in [5.41, 5.74) is 3.11. The molecule has 6 heteroatoms. The molecule has 140 valence electrons. The van der Waals surface area contributed by atoms with Gasteiger partial charge < -0.3 is 4.74 Å². The summed E-state index contributed by atoms with van der Waals surface area (Å²) < 4.78 is 8.04. The Hall–Kier alpha value is -2.60. The van der Waals surface area contributed by atoms with Crippen molar-refractivity contribution in [3.05, 3.63) is 65.5 Å². The van der Waals surface area contributed by atoms with Crippen molar-refractivity contribution in [3.8, 4) is 11.4 Å². The second-order valence-corrected chi connectivity index (χ2v) is 7.76. The first-order valence-corrected chi connectivity index (χ1v) is 9.71. The predicted octanol–water partition coefficient (Wildman–Crippen LogP) is 4.53. The zero-order valence-electron chi connectivity index (χ0n) is 16.0. The number of aryl methyl sites for hydroxylation is 2. The van der Waals surface area contributed by atoms with Gasteiger partial charge in [0, 0.05) is 5.69 Å². The molecule has 0 saturated heterocycles. The first-order valence-electron chi connectivity index (χ1n) is 8.83. The van der Waals surface area contributed by atoms with Crippen molar-refractivity contribution in [2.75, 3.05) is 0 Å². The largest absolute Gasteiger partial charge is 0.485 e. The normalized spacial score (nSPS) is 12.0. The molecule has 1 heterocycles. The second-order valence-electron chi connectivity index (χ2n) is 6.45. The minimum absolute atomic E-state index is 0.107. The van der Waals surface area contributed by atoms with E-state index in [-0.39, 0.29) is 11.0 Å². The van der Waals surface area contributed by atoms with Gasteiger partial charge in [-0.1, -0.05) is 48.2 Å². The third-order valence-corrected chi connectivity index (χ3v) is 5.48. The molecule has 0 spiro atoms. The lowest BCUT2D eigenvalue weighted by Gasteiger charge is -2.14. The molecule has 1 atom stereocenters. The van der Waals surface area contributed by atoms with Gasteiger partial charge in [0.1, 0.15) is 18.1 Å². The van der Waals surface area contributed by atoms with Gasteiger partial charge in [-0.05, 0) is 51.0 Å². The molecule has 5 nitrogen and oxygen atoms in total. The van der Waals surface area contributed by atoms with Crippen LogP contribution in [0.25, 0.3) is 5.69 Å². The highest BCUT2D eigenvalue weighted by Crippen LogP contribution is 2.28. The summed E-state index contributed by atoms with van der Waals surface area (Å²) in [7, 11) is 0. The van der Waals surface area contributed by atoms with Crippen LogP contribution >= 0.6 is 11.8 Å². The number of aromatic nitrogens is 3. The quantitative estimate of drug-likeness (QED) is 0.563. The Balaban J connectivity index is 1.93. The molecule has 0 radical (unpaired) electrons. The van der Waals surface area contributed by atoms with E-state index >= 15 is 0 Å². The van der Waals surface area contributed by atoms with Crippen LogP contribution in [0.2, 0.25) is 0 Å². The Morgan fingerprint density at radius 1 is 1.07 bits per heavy atom. The lowest BCUT2D eigenvalue weighted by Crippen LogP contribution is -2.11. The van der Waals surface area contributed by atoms with E-state index in [2.05, 4.69) is 10.2 Å². The third-order valence-electron chi connectivity index (χ3n) is 4.32. The molecule has 27 heavy (non-hydrogen) atoms. The lowest BCUT2D eigenvalue weighted by molar-refractivity contribution is -0.116. The highest BCUT2D eigenvalue weighted by atomic mass is 32.2. The number of hydrogen-bond donors (Lipinski definition) is 0. The number of thioether (sulfide) groups is 1. The van der Waals surface area contributed by atoms with Crippen molar-refractivity contribution in [1.29, 1.82) is 0 Å². The standard InChI is InChI=1S/C21H23N3O2S/c1-14-9-8-10-15(2)20(14)26-13-19-22-23-21(27-17(4)16(3)25)24(19)18-11-6-5-7-12-18/h5-12,17H,13H2,1-4H3. The highest BCUT2D eigenvalue weighted by molar-refractivity contribution is 8.00. The Kier molecular flexibility index (Phi) is 5.96. The number of Topliss-reactive ketones (excluding diaryl/α,β-unsaturated/α-hetero) is 1.